The van der Waals surface area contributed by atoms with Gasteiger partial charge in [-0.25, -0.2) is 0 Å². The second-order valence-electron chi connectivity index (χ2n) is 7.83. The summed E-state index contributed by atoms with van der Waals surface area (Å²) in [5, 5.41) is 1.15. The van der Waals surface area contributed by atoms with Gasteiger partial charge >= 0.3 is 0 Å². The average molecular weight is 380 g/mol. The van der Waals surface area contributed by atoms with E-state index in [1.165, 1.54) is 22.5 Å². The number of para-hydroxylation sites is 2. The first-order chi connectivity index (χ1) is 14.1. The summed E-state index contributed by atoms with van der Waals surface area (Å²) in [5.74, 6) is 1.67. The van der Waals surface area contributed by atoms with Crippen LogP contribution in [0.1, 0.15) is 23.7 Å². The van der Waals surface area contributed by atoms with Crippen molar-refractivity contribution in [1.82, 2.24) is 4.98 Å². The summed E-state index contributed by atoms with van der Waals surface area (Å²) in [6.45, 7) is 6.60. The van der Waals surface area contributed by atoms with E-state index in [0.717, 1.165) is 34.5 Å². The topological polar surface area (TPSA) is 25.4 Å². The van der Waals surface area contributed by atoms with Gasteiger partial charge in [0.25, 0.3) is 0 Å². The minimum atomic E-state index is 0.385. The van der Waals surface area contributed by atoms with Crippen molar-refractivity contribution < 1.29 is 4.74 Å². The highest BCUT2D eigenvalue weighted by Gasteiger charge is 2.32. The molecule has 29 heavy (non-hydrogen) atoms. The Bertz CT molecular complexity index is 1200. The lowest BCUT2D eigenvalue weighted by Gasteiger charge is -2.28. The van der Waals surface area contributed by atoms with Gasteiger partial charge in [-0.05, 0) is 74.7 Å². The van der Waals surface area contributed by atoms with Crippen molar-refractivity contribution in [2.45, 2.75) is 33.2 Å². The summed E-state index contributed by atoms with van der Waals surface area (Å²) in [6.07, 6.45) is 1.00. The van der Waals surface area contributed by atoms with Crippen LogP contribution in [0.15, 0.2) is 72.8 Å². The summed E-state index contributed by atoms with van der Waals surface area (Å²) in [5.41, 5.74) is 7.28. The van der Waals surface area contributed by atoms with E-state index in [1.807, 2.05) is 36.4 Å². The quantitative estimate of drug-likeness (QED) is 0.394. The maximum Gasteiger partial charge on any atom is 0.128 e. The molecule has 4 aromatic rings. The minimum Gasteiger partial charge on any atom is -0.457 e. The molecule has 144 valence electrons. The van der Waals surface area contributed by atoms with Gasteiger partial charge in [-0.3, -0.25) is 4.98 Å². The fourth-order valence-electron chi connectivity index (χ4n) is 4.39. The smallest absolute Gasteiger partial charge is 0.128 e. The number of hydrogen-bond donors (Lipinski definition) is 0. The lowest BCUT2D eigenvalue weighted by Crippen LogP contribution is -2.24. The molecule has 5 rings (SSSR count). The van der Waals surface area contributed by atoms with Crippen LogP contribution in [0.25, 0.3) is 10.9 Å². The number of hydrogen-bond acceptors (Lipinski definition) is 3. The molecular weight excluding hydrogens is 356 g/mol. The summed E-state index contributed by atoms with van der Waals surface area (Å²) >= 11 is 0. The van der Waals surface area contributed by atoms with Crippen molar-refractivity contribution in [3.8, 4) is 11.5 Å². The van der Waals surface area contributed by atoms with Crippen LogP contribution in [0.2, 0.25) is 0 Å². The Kier molecular flexibility index (Phi) is 4.24. The molecule has 1 aromatic heterocycles. The summed E-state index contributed by atoms with van der Waals surface area (Å²) in [7, 11) is 0. The molecule has 0 fully saturated rings. The molecule has 3 aromatic carbocycles. The predicted molar refractivity (Wildman–Crippen MR) is 119 cm³/mol. The number of anilines is 2. The second-order valence-corrected chi connectivity index (χ2v) is 7.83. The molecule has 1 aliphatic heterocycles. The normalized spacial score (nSPS) is 15.6. The fourth-order valence-corrected chi connectivity index (χ4v) is 4.39. The van der Waals surface area contributed by atoms with E-state index in [2.05, 4.69) is 62.1 Å². The van der Waals surface area contributed by atoms with Gasteiger partial charge in [0, 0.05) is 22.8 Å². The van der Waals surface area contributed by atoms with Gasteiger partial charge in [0.1, 0.15) is 11.5 Å². The number of nitrogens with zero attached hydrogens (tertiary/aromatic N) is 2. The fraction of sp³-hybridized carbons (Fsp3) is 0.192. The van der Waals surface area contributed by atoms with Gasteiger partial charge in [0.2, 0.25) is 0 Å². The number of benzene rings is 3. The van der Waals surface area contributed by atoms with Gasteiger partial charge < -0.3 is 9.64 Å². The predicted octanol–water partition coefficient (Wildman–Crippen LogP) is 6.73. The molecule has 0 N–H and O–H groups in total. The molecule has 0 saturated heterocycles. The highest BCUT2D eigenvalue weighted by atomic mass is 16.5. The maximum atomic E-state index is 6.12. The van der Waals surface area contributed by atoms with E-state index in [1.54, 1.807) is 0 Å². The number of aryl methyl sites for hydroxylation is 2. The molecule has 3 heteroatoms. The SMILES string of the molecule is Cc1ccccc1N1c2c(c(C)nc3ccc(Oc4ccccc4)cc23)CC1C. The average Bonchev–Trinajstić information content (AvgIpc) is 3.07. The first kappa shape index (κ1) is 17.7. The number of ether oxygens (including phenoxy) is 1. The molecule has 2 heterocycles. The van der Waals surface area contributed by atoms with E-state index in [9.17, 15) is 0 Å². The molecule has 0 radical (unpaired) electrons. The van der Waals surface area contributed by atoms with Crippen molar-refractivity contribution in [2.24, 2.45) is 0 Å². The van der Waals surface area contributed by atoms with Crippen LogP contribution in [-0.4, -0.2) is 11.0 Å². The molecule has 1 unspecified atom stereocenters. The summed E-state index contributed by atoms with van der Waals surface area (Å²) in [4.78, 5) is 7.38. The Labute approximate surface area is 171 Å². The zero-order chi connectivity index (χ0) is 20.0. The van der Waals surface area contributed by atoms with Crippen molar-refractivity contribution in [2.75, 3.05) is 4.90 Å². The standard InChI is InChI=1S/C26H24N2O/c1-17-9-7-8-12-25(17)28-18(2)15-22-19(3)27-24-14-13-21(16-23(24)26(22)28)29-20-10-5-4-6-11-20/h4-14,16,18H,15H2,1-3H3. The van der Waals surface area contributed by atoms with Crippen molar-refractivity contribution in [1.29, 1.82) is 0 Å². The minimum absolute atomic E-state index is 0.385. The first-order valence-electron chi connectivity index (χ1n) is 10.1. The number of rotatable bonds is 3. The molecule has 1 aliphatic rings. The first-order valence-corrected chi connectivity index (χ1v) is 10.1. The number of aromatic nitrogens is 1. The Balaban J connectivity index is 1.69. The van der Waals surface area contributed by atoms with Gasteiger partial charge in [-0.15, -0.1) is 0 Å². The van der Waals surface area contributed by atoms with Crippen LogP contribution < -0.4 is 9.64 Å². The third-order valence-electron chi connectivity index (χ3n) is 5.77. The molecule has 1 atom stereocenters. The molecule has 0 bridgehead atoms. The monoisotopic (exact) mass is 380 g/mol. The zero-order valence-corrected chi connectivity index (χ0v) is 17.0. The van der Waals surface area contributed by atoms with E-state index in [4.69, 9.17) is 9.72 Å². The number of fused-ring (bicyclic) bond motifs is 3. The third-order valence-corrected chi connectivity index (χ3v) is 5.77. The molecule has 0 spiro atoms. The van der Waals surface area contributed by atoms with Crippen LogP contribution in [0.5, 0.6) is 11.5 Å². The van der Waals surface area contributed by atoms with Crippen LogP contribution >= 0.6 is 0 Å². The third kappa shape index (κ3) is 3.03. The van der Waals surface area contributed by atoms with Crippen molar-refractivity contribution >= 4 is 22.3 Å². The molecule has 0 aliphatic carbocycles. The Morgan fingerprint density at radius 1 is 0.897 bits per heavy atom. The van der Waals surface area contributed by atoms with E-state index < -0.39 is 0 Å². The molecular formula is C26H24N2O. The van der Waals surface area contributed by atoms with E-state index >= 15 is 0 Å². The van der Waals surface area contributed by atoms with Gasteiger partial charge in [-0.1, -0.05) is 36.4 Å². The van der Waals surface area contributed by atoms with E-state index in [0.29, 0.717) is 6.04 Å². The summed E-state index contributed by atoms with van der Waals surface area (Å²) in [6, 6.07) is 25.1. The van der Waals surface area contributed by atoms with Crippen LogP contribution in [-0.2, 0) is 6.42 Å². The maximum absolute atomic E-state index is 6.12. The highest BCUT2D eigenvalue weighted by Crippen LogP contribution is 2.45. The Morgan fingerprint density at radius 3 is 2.45 bits per heavy atom. The lowest BCUT2D eigenvalue weighted by atomic mass is 10.0. The second kappa shape index (κ2) is 6.93. The van der Waals surface area contributed by atoms with Crippen LogP contribution in [0.3, 0.4) is 0 Å². The highest BCUT2D eigenvalue weighted by molar-refractivity contribution is 5.98. The van der Waals surface area contributed by atoms with Gasteiger partial charge in [-0.2, -0.15) is 0 Å². The van der Waals surface area contributed by atoms with Gasteiger partial charge in [0.05, 0.1) is 11.2 Å². The molecule has 0 saturated carbocycles. The van der Waals surface area contributed by atoms with Gasteiger partial charge in [0.15, 0.2) is 0 Å². The van der Waals surface area contributed by atoms with Crippen molar-refractivity contribution in [3.05, 3.63) is 89.6 Å². The Morgan fingerprint density at radius 2 is 1.66 bits per heavy atom. The largest absolute Gasteiger partial charge is 0.457 e. The van der Waals surface area contributed by atoms with Crippen LogP contribution in [0, 0.1) is 13.8 Å². The molecule has 0 amide bonds. The zero-order valence-electron chi connectivity index (χ0n) is 17.0. The van der Waals surface area contributed by atoms with Crippen molar-refractivity contribution in [3.63, 3.8) is 0 Å². The van der Waals surface area contributed by atoms with E-state index in [-0.39, 0.29) is 0 Å². The number of pyridine rings is 1. The summed E-state index contributed by atoms with van der Waals surface area (Å²) < 4.78 is 6.12. The van der Waals surface area contributed by atoms with Crippen LogP contribution in [0.4, 0.5) is 11.4 Å². The lowest BCUT2D eigenvalue weighted by molar-refractivity contribution is 0.483. The Hall–Kier alpha value is -3.33. The molecule has 3 nitrogen and oxygen atoms in total.